The maximum absolute atomic E-state index is 9.05. The van der Waals surface area contributed by atoms with Crippen LogP contribution in [0.4, 0.5) is 5.13 Å². The van der Waals surface area contributed by atoms with Crippen LogP contribution in [0.2, 0.25) is 0 Å². The normalized spacial score (nSPS) is 20.0. The summed E-state index contributed by atoms with van der Waals surface area (Å²) in [6.45, 7) is 3.75. The van der Waals surface area contributed by atoms with Crippen molar-refractivity contribution in [1.82, 2.24) is 4.98 Å². The van der Waals surface area contributed by atoms with Gasteiger partial charge in [0.05, 0.1) is 24.1 Å². The van der Waals surface area contributed by atoms with Crippen LogP contribution < -0.4 is 4.90 Å². The maximum atomic E-state index is 9.05. The van der Waals surface area contributed by atoms with Crippen LogP contribution in [-0.2, 0) is 4.74 Å². The van der Waals surface area contributed by atoms with Gasteiger partial charge in [0, 0.05) is 7.11 Å². The highest BCUT2D eigenvalue weighted by molar-refractivity contribution is 7.13. The quantitative estimate of drug-likeness (QED) is 0.775. The molecule has 0 aromatic carbocycles. The molecule has 1 aromatic rings. The first-order valence-corrected chi connectivity index (χ1v) is 4.95. The molecule has 1 aromatic heterocycles. The van der Waals surface area contributed by atoms with Crippen molar-refractivity contribution in [2.24, 2.45) is 0 Å². The number of anilines is 1. The number of hydrogen-bond acceptors (Lipinski definition) is 5. The van der Waals surface area contributed by atoms with E-state index in [2.05, 4.69) is 16.8 Å². The van der Waals surface area contributed by atoms with E-state index in [1.165, 1.54) is 11.3 Å². The lowest BCUT2D eigenvalue weighted by atomic mass is 9.97. The number of nitrogens with zero attached hydrogens (tertiary/aromatic N) is 2. The molecule has 0 unspecified atom stereocenters. The monoisotopic (exact) mass is 200 g/mol. The average Bonchev–Trinajstić information content (AvgIpc) is 2.46. The maximum Gasteiger partial charge on any atom is 0.223 e. The smallest absolute Gasteiger partial charge is 0.223 e. The fourth-order valence-electron chi connectivity index (χ4n) is 1.43. The Kier molecular flexibility index (Phi) is 1.92. The summed E-state index contributed by atoms with van der Waals surface area (Å²) >= 11 is 1.45. The van der Waals surface area contributed by atoms with Crippen molar-refractivity contribution >= 4 is 16.5 Å². The molecule has 0 saturated carbocycles. The summed E-state index contributed by atoms with van der Waals surface area (Å²) in [5.74, 6) is 0.103. The van der Waals surface area contributed by atoms with E-state index in [-0.39, 0.29) is 11.5 Å². The van der Waals surface area contributed by atoms with Crippen molar-refractivity contribution in [3.05, 3.63) is 5.38 Å². The number of thiazole rings is 1. The molecule has 1 aliphatic rings. The molecule has 2 heterocycles. The number of methoxy groups -OCH3 is 1. The number of aromatic hydroxyl groups is 1. The first kappa shape index (κ1) is 8.77. The van der Waals surface area contributed by atoms with Crippen LogP contribution in [0.3, 0.4) is 0 Å². The summed E-state index contributed by atoms with van der Waals surface area (Å²) in [6, 6.07) is 0. The zero-order chi connectivity index (χ0) is 9.47. The van der Waals surface area contributed by atoms with Crippen molar-refractivity contribution in [3.8, 4) is 5.88 Å². The summed E-state index contributed by atoms with van der Waals surface area (Å²) in [5.41, 5.74) is -0.0404. The van der Waals surface area contributed by atoms with Gasteiger partial charge in [-0.05, 0) is 6.92 Å². The van der Waals surface area contributed by atoms with Gasteiger partial charge < -0.3 is 14.7 Å². The minimum Gasteiger partial charge on any atom is -0.493 e. The second kappa shape index (κ2) is 2.85. The molecule has 1 saturated heterocycles. The second-order valence-corrected chi connectivity index (χ2v) is 4.33. The van der Waals surface area contributed by atoms with Crippen LogP contribution in [0, 0.1) is 0 Å². The van der Waals surface area contributed by atoms with Crippen molar-refractivity contribution in [3.63, 3.8) is 0 Å². The third kappa shape index (κ3) is 1.49. The van der Waals surface area contributed by atoms with E-state index < -0.39 is 0 Å². The van der Waals surface area contributed by atoms with Gasteiger partial charge in [0.25, 0.3) is 0 Å². The molecule has 1 N–H and O–H groups in total. The van der Waals surface area contributed by atoms with Gasteiger partial charge in [-0.3, -0.25) is 0 Å². The van der Waals surface area contributed by atoms with Gasteiger partial charge in [-0.2, -0.15) is 4.98 Å². The van der Waals surface area contributed by atoms with E-state index >= 15 is 0 Å². The molecule has 4 nitrogen and oxygen atoms in total. The molecule has 0 radical (unpaired) electrons. The first-order valence-electron chi connectivity index (χ1n) is 4.07. The third-order valence-electron chi connectivity index (χ3n) is 2.29. The fourth-order valence-corrected chi connectivity index (χ4v) is 2.11. The summed E-state index contributed by atoms with van der Waals surface area (Å²) in [6.07, 6.45) is 0. The topological polar surface area (TPSA) is 45.6 Å². The molecule has 2 rings (SSSR count). The molecule has 0 spiro atoms. The van der Waals surface area contributed by atoms with Crippen LogP contribution >= 0.6 is 11.3 Å². The van der Waals surface area contributed by atoms with E-state index in [1.807, 2.05) is 0 Å². The molecule has 72 valence electrons. The predicted octanol–water partition coefficient (Wildman–Crippen LogP) is 1.07. The number of aromatic nitrogens is 1. The number of hydrogen-bond donors (Lipinski definition) is 1. The second-order valence-electron chi connectivity index (χ2n) is 3.50. The molecule has 13 heavy (non-hydrogen) atoms. The van der Waals surface area contributed by atoms with Crippen LogP contribution in [0.15, 0.2) is 5.38 Å². The van der Waals surface area contributed by atoms with Crippen molar-refractivity contribution in [2.75, 3.05) is 25.1 Å². The van der Waals surface area contributed by atoms with E-state index in [0.29, 0.717) is 0 Å². The molecule has 0 atom stereocenters. The van der Waals surface area contributed by atoms with Crippen LogP contribution in [0.5, 0.6) is 5.88 Å². The zero-order valence-electron chi connectivity index (χ0n) is 7.65. The molecular formula is C8H12N2O2S. The van der Waals surface area contributed by atoms with E-state index in [0.717, 1.165) is 18.2 Å². The Bertz CT molecular complexity index is 307. The molecule has 0 aliphatic carbocycles. The molecule has 0 bridgehead atoms. The lowest BCUT2D eigenvalue weighted by molar-refractivity contribution is -0.0168. The van der Waals surface area contributed by atoms with Gasteiger partial charge in [0.1, 0.15) is 0 Å². The van der Waals surface area contributed by atoms with Gasteiger partial charge in [-0.25, -0.2) is 0 Å². The third-order valence-corrected chi connectivity index (χ3v) is 3.18. The Labute approximate surface area is 80.8 Å². The molecule has 0 amide bonds. The van der Waals surface area contributed by atoms with Crippen LogP contribution in [0.25, 0.3) is 0 Å². The van der Waals surface area contributed by atoms with Crippen molar-refractivity contribution in [2.45, 2.75) is 12.5 Å². The Hall–Kier alpha value is -0.810. The Morgan fingerprint density at radius 2 is 2.38 bits per heavy atom. The molecular weight excluding hydrogens is 188 g/mol. The first-order chi connectivity index (χ1) is 6.13. The molecule has 5 heteroatoms. The summed E-state index contributed by atoms with van der Waals surface area (Å²) in [4.78, 5) is 6.07. The SMILES string of the molecule is COC1(C)CN(c2nc(O)cs2)C1. The van der Waals surface area contributed by atoms with Gasteiger partial charge in [0.2, 0.25) is 5.88 Å². The Morgan fingerprint density at radius 1 is 1.69 bits per heavy atom. The summed E-state index contributed by atoms with van der Waals surface area (Å²) in [7, 11) is 1.72. The zero-order valence-corrected chi connectivity index (χ0v) is 8.47. The van der Waals surface area contributed by atoms with Crippen molar-refractivity contribution < 1.29 is 9.84 Å². The van der Waals surface area contributed by atoms with Gasteiger partial charge in [0.15, 0.2) is 5.13 Å². The minimum absolute atomic E-state index is 0.0404. The van der Waals surface area contributed by atoms with Crippen LogP contribution in [0.1, 0.15) is 6.92 Å². The van der Waals surface area contributed by atoms with E-state index in [1.54, 1.807) is 12.5 Å². The highest BCUT2D eigenvalue weighted by Crippen LogP contribution is 2.32. The minimum atomic E-state index is -0.0404. The van der Waals surface area contributed by atoms with Crippen LogP contribution in [-0.4, -0.2) is 35.9 Å². The number of ether oxygens (including phenoxy) is 1. The van der Waals surface area contributed by atoms with Gasteiger partial charge >= 0.3 is 0 Å². The summed E-state index contributed by atoms with van der Waals surface area (Å²) in [5, 5.41) is 11.6. The lowest BCUT2D eigenvalue weighted by Crippen LogP contribution is -2.61. The van der Waals surface area contributed by atoms with E-state index in [4.69, 9.17) is 9.84 Å². The predicted molar refractivity (Wildman–Crippen MR) is 51.4 cm³/mol. The van der Waals surface area contributed by atoms with Gasteiger partial charge in [-0.1, -0.05) is 0 Å². The largest absolute Gasteiger partial charge is 0.493 e. The van der Waals surface area contributed by atoms with E-state index in [9.17, 15) is 0 Å². The Balaban J connectivity index is 2.01. The lowest BCUT2D eigenvalue weighted by Gasteiger charge is -2.46. The Morgan fingerprint density at radius 3 is 2.85 bits per heavy atom. The summed E-state index contributed by atoms with van der Waals surface area (Å²) < 4.78 is 5.30. The highest BCUT2D eigenvalue weighted by Gasteiger charge is 2.40. The molecule has 1 fully saturated rings. The van der Waals surface area contributed by atoms with Gasteiger partial charge in [-0.15, -0.1) is 11.3 Å². The number of rotatable bonds is 2. The fraction of sp³-hybridized carbons (Fsp3) is 0.625. The average molecular weight is 200 g/mol. The van der Waals surface area contributed by atoms with Crippen molar-refractivity contribution in [1.29, 1.82) is 0 Å². The highest BCUT2D eigenvalue weighted by atomic mass is 32.1. The molecule has 1 aliphatic heterocycles. The standard InChI is InChI=1S/C8H12N2O2S/c1-8(12-2)4-10(5-8)7-9-6(11)3-13-7/h3,11H,4-5H2,1-2H3.